The summed E-state index contributed by atoms with van der Waals surface area (Å²) < 4.78 is 19.9. The molecule has 0 atom stereocenters. The van der Waals surface area contributed by atoms with Gasteiger partial charge in [0.05, 0.1) is 12.7 Å². The molecule has 0 bridgehead atoms. The van der Waals surface area contributed by atoms with Crippen molar-refractivity contribution < 1.29 is 13.9 Å². The molecule has 0 unspecified atom stereocenters. The highest BCUT2D eigenvalue weighted by Gasteiger charge is 2.38. The van der Waals surface area contributed by atoms with Crippen molar-refractivity contribution in [3.63, 3.8) is 0 Å². The highest BCUT2D eigenvalue weighted by Crippen LogP contribution is 2.37. The molecule has 2 aromatic rings. The summed E-state index contributed by atoms with van der Waals surface area (Å²) >= 11 is 0. The number of likely N-dealkylation sites (tertiary alicyclic amines) is 1. The van der Waals surface area contributed by atoms with Crippen LogP contribution in [-0.2, 0) is 0 Å². The van der Waals surface area contributed by atoms with Crippen molar-refractivity contribution in [2.24, 2.45) is 5.41 Å². The number of rotatable bonds is 3. The van der Waals surface area contributed by atoms with Crippen LogP contribution in [0.5, 0.6) is 5.75 Å². The Hall–Kier alpha value is -2.40. The topological polar surface area (TPSA) is 41.6 Å². The molecular weight excluding hydrogens is 343 g/mol. The fourth-order valence-corrected chi connectivity index (χ4v) is 4.23. The Morgan fingerprint density at radius 2 is 1.78 bits per heavy atom. The van der Waals surface area contributed by atoms with Crippen LogP contribution in [0.2, 0.25) is 0 Å². The number of benzene rings is 2. The lowest BCUT2D eigenvalue weighted by Crippen LogP contribution is -2.44. The molecular formula is C22H25FN2O2. The van der Waals surface area contributed by atoms with E-state index in [1.165, 1.54) is 12.5 Å². The number of halogens is 1. The van der Waals surface area contributed by atoms with Gasteiger partial charge in [0.2, 0.25) is 0 Å². The van der Waals surface area contributed by atoms with Gasteiger partial charge in [0.15, 0.2) is 0 Å². The minimum atomic E-state index is -0.462. The summed E-state index contributed by atoms with van der Waals surface area (Å²) in [6, 6.07) is 12.3. The van der Waals surface area contributed by atoms with E-state index in [0.717, 1.165) is 42.8 Å². The van der Waals surface area contributed by atoms with Crippen LogP contribution in [0.4, 0.5) is 4.39 Å². The maximum Gasteiger partial charge on any atom is 0.256 e. The van der Waals surface area contributed by atoms with E-state index < -0.39 is 5.82 Å². The highest BCUT2D eigenvalue weighted by molar-refractivity contribution is 5.95. The van der Waals surface area contributed by atoms with Gasteiger partial charge >= 0.3 is 0 Å². The monoisotopic (exact) mass is 368 g/mol. The molecule has 0 aliphatic carbocycles. The summed E-state index contributed by atoms with van der Waals surface area (Å²) in [7, 11) is 1.61. The first-order valence-corrected chi connectivity index (χ1v) is 9.54. The summed E-state index contributed by atoms with van der Waals surface area (Å²) in [5.74, 6) is 0.0945. The first kappa shape index (κ1) is 18.0. The largest absolute Gasteiger partial charge is 0.497 e. The smallest absolute Gasteiger partial charge is 0.256 e. The van der Waals surface area contributed by atoms with Crippen LogP contribution in [0.15, 0.2) is 42.5 Å². The molecule has 5 heteroatoms. The molecule has 0 radical (unpaired) electrons. The first-order chi connectivity index (χ1) is 13.1. The highest BCUT2D eigenvalue weighted by atomic mass is 19.1. The van der Waals surface area contributed by atoms with Gasteiger partial charge in [0.1, 0.15) is 11.6 Å². The van der Waals surface area contributed by atoms with Gasteiger partial charge in [-0.05, 0) is 66.6 Å². The van der Waals surface area contributed by atoms with E-state index in [0.29, 0.717) is 18.5 Å². The van der Waals surface area contributed by atoms with Crippen LogP contribution in [0.25, 0.3) is 11.1 Å². The predicted octanol–water partition coefficient (Wildman–Crippen LogP) is 3.72. The summed E-state index contributed by atoms with van der Waals surface area (Å²) in [6.45, 7) is 3.52. The maximum atomic E-state index is 14.7. The third-order valence-corrected chi connectivity index (χ3v) is 6.07. The second-order valence-electron chi connectivity index (χ2n) is 7.64. The van der Waals surface area contributed by atoms with Crippen molar-refractivity contribution in [2.75, 3.05) is 33.3 Å². The number of hydrogen-bond donors (Lipinski definition) is 1. The lowest BCUT2D eigenvalue weighted by atomic mass is 9.78. The van der Waals surface area contributed by atoms with Gasteiger partial charge in [0.25, 0.3) is 5.91 Å². The molecule has 4 rings (SSSR count). The predicted molar refractivity (Wildman–Crippen MR) is 103 cm³/mol. The van der Waals surface area contributed by atoms with E-state index in [2.05, 4.69) is 5.32 Å². The molecule has 1 N–H and O–H groups in total. The average Bonchev–Trinajstić information content (AvgIpc) is 3.16. The zero-order valence-corrected chi connectivity index (χ0v) is 15.6. The number of carbonyl (C=O) groups excluding carboxylic acids is 1. The van der Waals surface area contributed by atoms with Crippen molar-refractivity contribution in [3.05, 3.63) is 53.8 Å². The third kappa shape index (κ3) is 3.56. The molecule has 2 aromatic carbocycles. The Morgan fingerprint density at radius 1 is 1.07 bits per heavy atom. The van der Waals surface area contributed by atoms with Gasteiger partial charge in [-0.3, -0.25) is 4.79 Å². The lowest BCUT2D eigenvalue weighted by Gasteiger charge is -2.39. The van der Waals surface area contributed by atoms with E-state index >= 15 is 0 Å². The molecule has 4 nitrogen and oxygen atoms in total. The number of ether oxygens (including phenoxy) is 1. The SMILES string of the molecule is COc1ccc(-c2ccc(C(=O)N3CCC4(CCNC4)CC3)c(F)c2)cc1. The van der Waals surface area contributed by atoms with Gasteiger partial charge in [-0.1, -0.05) is 18.2 Å². The summed E-state index contributed by atoms with van der Waals surface area (Å²) in [5, 5.41) is 3.43. The van der Waals surface area contributed by atoms with Crippen molar-refractivity contribution in [1.29, 1.82) is 0 Å². The van der Waals surface area contributed by atoms with Crippen molar-refractivity contribution in [3.8, 4) is 16.9 Å². The number of amides is 1. The van der Waals surface area contributed by atoms with Gasteiger partial charge in [-0.15, -0.1) is 0 Å². The Balaban J connectivity index is 1.48. The second kappa shape index (κ2) is 7.31. The minimum Gasteiger partial charge on any atom is -0.497 e. The second-order valence-corrected chi connectivity index (χ2v) is 7.64. The normalized spacial score (nSPS) is 18.7. The van der Waals surface area contributed by atoms with Crippen LogP contribution in [0.1, 0.15) is 29.6 Å². The zero-order valence-electron chi connectivity index (χ0n) is 15.6. The van der Waals surface area contributed by atoms with Gasteiger partial charge in [0, 0.05) is 19.6 Å². The molecule has 2 saturated heterocycles. The van der Waals surface area contributed by atoms with E-state index in [-0.39, 0.29) is 11.5 Å². The van der Waals surface area contributed by atoms with E-state index in [1.54, 1.807) is 18.1 Å². The van der Waals surface area contributed by atoms with Crippen LogP contribution in [0.3, 0.4) is 0 Å². The minimum absolute atomic E-state index is 0.160. The number of carbonyl (C=O) groups is 1. The van der Waals surface area contributed by atoms with Gasteiger partial charge in [-0.25, -0.2) is 4.39 Å². The molecule has 27 heavy (non-hydrogen) atoms. The molecule has 0 aromatic heterocycles. The van der Waals surface area contributed by atoms with Crippen LogP contribution < -0.4 is 10.1 Å². The number of nitrogens with one attached hydrogen (secondary N) is 1. The lowest BCUT2D eigenvalue weighted by molar-refractivity contribution is 0.0603. The molecule has 2 aliphatic heterocycles. The Kier molecular flexibility index (Phi) is 4.87. The quantitative estimate of drug-likeness (QED) is 0.898. The number of nitrogens with zero attached hydrogens (tertiary/aromatic N) is 1. The van der Waals surface area contributed by atoms with E-state index in [4.69, 9.17) is 4.74 Å². The zero-order chi connectivity index (χ0) is 18.9. The van der Waals surface area contributed by atoms with Crippen LogP contribution >= 0.6 is 0 Å². The van der Waals surface area contributed by atoms with Crippen molar-refractivity contribution in [1.82, 2.24) is 10.2 Å². The number of methoxy groups -OCH3 is 1. The molecule has 142 valence electrons. The fourth-order valence-electron chi connectivity index (χ4n) is 4.23. The molecule has 2 heterocycles. The molecule has 1 amide bonds. The van der Waals surface area contributed by atoms with Gasteiger partial charge < -0.3 is 15.0 Å². The first-order valence-electron chi connectivity index (χ1n) is 9.54. The summed E-state index contributed by atoms with van der Waals surface area (Å²) in [6.07, 6.45) is 3.18. The molecule has 2 fully saturated rings. The maximum absolute atomic E-state index is 14.7. The van der Waals surface area contributed by atoms with Crippen molar-refractivity contribution >= 4 is 5.91 Å². The Bertz CT molecular complexity index is 819. The molecule has 1 spiro atoms. The van der Waals surface area contributed by atoms with E-state index in [9.17, 15) is 9.18 Å². The van der Waals surface area contributed by atoms with Crippen molar-refractivity contribution in [2.45, 2.75) is 19.3 Å². The van der Waals surface area contributed by atoms with E-state index in [1.807, 2.05) is 30.3 Å². The molecule has 2 aliphatic rings. The average molecular weight is 368 g/mol. The van der Waals surface area contributed by atoms with Crippen LogP contribution in [-0.4, -0.2) is 44.1 Å². The van der Waals surface area contributed by atoms with Gasteiger partial charge in [-0.2, -0.15) is 0 Å². The summed E-state index contributed by atoms with van der Waals surface area (Å²) in [4.78, 5) is 14.6. The fraction of sp³-hybridized carbons (Fsp3) is 0.409. The Labute approximate surface area is 159 Å². The standard InChI is InChI=1S/C22H25FN2O2/c1-27-18-5-2-16(3-6-18)17-4-7-19(20(23)14-17)21(26)25-12-9-22(10-13-25)8-11-24-15-22/h2-7,14,24H,8-13,15H2,1H3. The number of hydrogen-bond acceptors (Lipinski definition) is 3. The summed E-state index contributed by atoms with van der Waals surface area (Å²) in [5.41, 5.74) is 2.14. The molecule has 0 saturated carbocycles. The Morgan fingerprint density at radius 3 is 2.37 bits per heavy atom. The third-order valence-electron chi connectivity index (χ3n) is 6.07. The van der Waals surface area contributed by atoms with Crippen LogP contribution in [0, 0.1) is 11.2 Å². The number of piperidine rings is 1.